The van der Waals surface area contributed by atoms with Crippen molar-refractivity contribution in [3.63, 3.8) is 0 Å². The van der Waals surface area contributed by atoms with Crippen LogP contribution in [0.3, 0.4) is 0 Å². The largest absolute Gasteiger partial charge is 0.497 e. The first kappa shape index (κ1) is 13.7. The van der Waals surface area contributed by atoms with E-state index in [-0.39, 0.29) is 5.69 Å². The third-order valence-corrected chi connectivity index (χ3v) is 2.57. The lowest BCUT2D eigenvalue weighted by Gasteiger charge is -2.09. The van der Waals surface area contributed by atoms with E-state index in [1.54, 1.807) is 24.3 Å². The Hall–Kier alpha value is -2.76. The van der Waals surface area contributed by atoms with Gasteiger partial charge in [-0.25, -0.2) is 9.18 Å². The molecule has 0 aromatic heterocycles. The lowest BCUT2D eigenvalue weighted by molar-refractivity contribution is 0.262. The maximum absolute atomic E-state index is 13.5. The quantitative estimate of drug-likeness (QED) is 0.753. The van der Waals surface area contributed by atoms with E-state index < -0.39 is 11.8 Å². The summed E-state index contributed by atoms with van der Waals surface area (Å²) in [5.41, 5.74) is 6.32. The second-order valence-corrected chi connectivity index (χ2v) is 4.05. The highest BCUT2D eigenvalue weighted by Gasteiger charge is 2.07. The first-order chi connectivity index (χ1) is 9.58. The molecule has 0 aliphatic heterocycles. The molecule has 0 aliphatic carbocycles. The highest BCUT2D eigenvalue weighted by atomic mass is 19.1. The second-order valence-electron chi connectivity index (χ2n) is 4.05. The van der Waals surface area contributed by atoms with Gasteiger partial charge in [-0.2, -0.15) is 0 Å². The number of urea groups is 1. The number of hydrogen-bond acceptors (Lipinski definition) is 3. The number of halogens is 1. The van der Waals surface area contributed by atoms with Gasteiger partial charge in [-0.05, 0) is 30.3 Å². The van der Waals surface area contributed by atoms with Crippen LogP contribution in [0.25, 0.3) is 0 Å². The SMILES string of the molecule is COc1cccc(NC(=O)Nc2ccc(N)cc2F)c1. The summed E-state index contributed by atoms with van der Waals surface area (Å²) in [5.74, 6) is 0.0206. The van der Waals surface area contributed by atoms with Gasteiger partial charge < -0.3 is 21.1 Å². The lowest BCUT2D eigenvalue weighted by atomic mass is 10.2. The number of rotatable bonds is 3. The van der Waals surface area contributed by atoms with Gasteiger partial charge in [0.15, 0.2) is 0 Å². The van der Waals surface area contributed by atoms with Crippen LogP contribution in [0.15, 0.2) is 42.5 Å². The third-order valence-electron chi connectivity index (χ3n) is 2.57. The number of methoxy groups -OCH3 is 1. The normalized spacial score (nSPS) is 9.90. The smallest absolute Gasteiger partial charge is 0.323 e. The summed E-state index contributed by atoms with van der Waals surface area (Å²) in [6, 6.07) is 10.3. The Balaban J connectivity index is 2.05. The predicted molar refractivity (Wildman–Crippen MR) is 76.4 cm³/mol. The van der Waals surface area contributed by atoms with Crippen LogP contribution in [-0.2, 0) is 0 Å². The number of nitrogen functional groups attached to an aromatic ring is 1. The van der Waals surface area contributed by atoms with Gasteiger partial charge in [-0.3, -0.25) is 0 Å². The van der Waals surface area contributed by atoms with E-state index in [2.05, 4.69) is 10.6 Å². The summed E-state index contributed by atoms with van der Waals surface area (Å²) in [4.78, 5) is 11.8. The third kappa shape index (κ3) is 3.38. The molecule has 2 rings (SSSR count). The average Bonchev–Trinajstić information content (AvgIpc) is 2.42. The van der Waals surface area contributed by atoms with Crippen molar-refractivity contribution in [1.82, 2.24) is 0 Å². The Morgan fingerprint density at radius 3 is 2.70 bits per heavy atom. The summed E-state index contributed by atoms with van der Waals surface area (Å²) >= 11 is 0. The number of carbonyl (C=O) groups excluding carboxylic acids is 1. The molecular formula is C14H14FN3O2. The van der Waals surface area contributed by atoms with Crippen molar-refractivity contribution in [1.29, 1.82) is 0 Å². The fraction of sp³-hybridized carbons (Fsp3) is 0.0714. The minimum absolute atomic E-state index is 0.0552. The van der Waals surface area contributed by atoms with Gasteiger partial charge in [-0.1, -0.05) is 6.07 Å². The minimum Gasteiger partial charge on any atom is -0.497 e. The summed E-state index contributed by atoms with van der Waals surface area (Å²) in [6.07, 6.45) is 0. The van der Waals surface area contributed by atoms with Gasteiger partial charge >= 0.3 is 6.03 Å². The molecule has 0 atom stereocenters. The van der Waals surface area contributed by atoms with Crippen LogP contribution in [0, 0.1) is 5.82 Å². The first-order valence-electron chi connectivity index (χ1n) is 5.85. The monoisotopic (exact) mass is 275 g/mol. The number of ether oxygens (including phenoxy) is 1. The molecule has 20 heavy (non-hydrogen) atoms. The highest BCUT2D eigenvalue weighted by Crippen LogP contribution is 2.19. The minimum atomic E-state index is -0.592. The molecule has 0 unspecified atom stereocenters. The van der Waals surface area contributed by atoms with Crippen molar-refractivity contribution in [2.24, 2.45) is 0 Å². The number of anilines is 3. The van der Waals surface area contributed by atoms with Gasteiger partial charge in [0.05, 0.1) is 12.8 Å². The number of nitrogens with one attached hydrogen (secondary N) is 2. The van der Waals surface area contributed by atoms with E-state index in [1.807, 2.05) is 0 Å². The molecule has 0 saturated heterocycles. The zero-order chi connectivity index (χ0) is 14.5. The van der Waals surface area contributed by atoms with Gasteiger partial charge in [-0.15, -0.1) is 0 Å². The number of benzene rings is 2. The molecule has 2 aromatic carbocycles. The highest BCUT2D eigenvalue weighted by molar-refractivity contribution is 6.00. The molecular weight excluding hydrogens is 261 g/mol. The first-order valence-corrected chi connectivity index (χ1v) is 5.85. The number of nitrogens with two attached hydrogens (primary N) is 1. The van der Waals surface area contributed by atoms with Crippen molar-refractivity contribution in [2.75, 3.05) is 23.5 Å². The molecule has 104 valence electrons. The maximum atomic E-state index is 13.5. The lowest BCUT2D eigenvalue weighted by Crippen LogP contribution is -2.20. The average molecular weight is 275 g/mol. The summed E-state index contributed by atoms with van der Waals surface area (Å²) in [6.45, 7) is 0. The van der Waals surface area contributed by atoms with E-state index in [1.165, 1.54) is 19.2 Å². The van der Waals surface area contributed by atoms with Crippen molar-refractivity contribution in [2.45, 2.75) is 0 Å². The fourth-order valence-electron chi connectivity index (χ4n) is 1.62. The molecule has 0 bridgehead atoms. The van der Waals surface area contributed by atoms with E-state index >= 15 is 0 Å². The Kier molecular flexibility index (Phi) is 4.05. The van der Waals surface area contributed by atoms with Crippen LogP contribution in [0.2, 0.25) is 0 Å². The van der Waals surface area contributed by atoms with Crippen LogP contribution < -0.4 is 21.1 Å². The molecule has 0 aliphatic rings. The van der Waals surface area contributed by atoms with Crippen LogP contribution in [0.4, 0.5) is 26.2 Å². The van der Waals surface area contributed by atoms with E-state index in [9.17, 15) is 9.18 Å². The Morgan fingerprint density at radius 2 is 2.00 bits per heavy atom. The topological polar surface area (TPSA) is 76.4 Å². The molecule has 0 fully saturated rings. The fourth-order valence-corrected chi connectivity index (χ4v) is 1.62. The van der Waals surface area contributed by atoms with Crippen LogP contribution in [-0.4, -0.2) is 13.1 Å². The van der Waals surface area contributed by atoms with E-state index in [0.29, 0.717) is 17.1 Å². The van der Waals surface area contributed by atoms with Crippen LogP contribution in [0.1, 0.15) is 0 Å². The number of hydrogen-bond donors (Lipinski definition) is 3. The van der Waals surface area contributed by atoms with Gasteiger partial charge in [0, 0.05) is 17.4 Å². The van der Waals surface area contributed by atoms with Crippen molar-refractivity contribution in [3.8, 4) is 5.75 Å². The van der Waals surface area contributed by atoms with Crippen molar-refractivity contribution in [3.05, 3.63) is 48.3 Å². The summed E-state index contributed by atoms with van der Waals surface area (Å²) < 4.78 is 18.6. The Labute approximate surface area is 115 Å². The van der Waals surface area contributed by atoms with Gasteiger partial charge in [0.25, 0.3) is 0 Å². The molecule has 0 radical (unpaired) electrons. The molecule has 0 spiro atoms. The van der Waals surface area contributed by atoms with Crippen LogP contribution in [0.5, 0.6) is 5.75 Å². The van der Waals surface area contributed by atoms with Crippen LogP contribution >= 0.6 is 0 Å². The van der Waals surface area contributed by atoms with E-state index in [4.69, 9.17) is 10.5 Å². The zero-order valence-electron chi connectivity index (χ0n) is 10.8. The maximum Gasteiger partial charge on any atom is 0.323 e. The molecule has 4 N–H and O–H groups in total. The zero-order valence-corrected chi connectivity index (χ0v) is 10.8. The summed E-state index contributed by atoms with van der Waals surface area (Å²) in [7, 11) is 1.53. The van der Waals surface area contributed by atoms with Gasteiger partial charge in [0.2, 0.25) is 0 Å². The van der Waals surface area contributed by atoms with Gasteiger partial charge in [0.1, 0.15) is 11.6 Å². The molecule has 2 aromatic rings. The molecule has 6 heteroatoms. The van der Waals surface area contributed by atoms with E-state index in [0.717, 1.165) is 6.07 Å². The standard InChI is InChI=1S/C14H14FN3O2/c1-20-11-4-2-3-10(8-11)17-14(19)18-13-6-5-9(16)7-12(13)15/h2-8H,16H2,1H3,(H2,17,18,19). The molecule has 0 saturated carbocycles. The summed E-state index contributed by atoms with van der Waals surface area (Å²) in [5, 5.41) is 4.98. The molecule has 5 nitrogen and oxygen atoms in total. The molecule has 2 amide bonds. The Morgan fingerprint density at radius 1 is 1.20 bits per heavy atom. The Bertz CT molecular complexity index is 632. The van der Waals surface area contributed by atoms with Crippen molar-refractivity contribution >= 4 is 23.1 Å². The van der Waals surface area contributed by atoms with Crippen molar-refractivity contribution < 1.29 is 13.9 Å². The second kappa shape index (κ2) is 5.92. The number of carbonyl (C=O) groups is 1. The predicted octanol–water partition coefficient (Wildman–Crippen LogP) is 3.06. The molecule has 0 heterocycles. The number of amides is 2.